The number of unbranched alkanes of at least 4 members (excludes halogenated alkanes) is 30. The number of nitrogens with zero attached hydrogens (tertiary/aromatic N) is 5. The number of amides is 1. The molecule has 1 aliphatic rings. The van der Waals surface area contributed by atoms with Crippen molar-refractivity contribution in [3.05, 3.63) is 0 Å². The van der Waals surface area contributed by atoms with Gasteiger partial charge in [0.1, 0.15) is 0 Å². The van der Waals surface area contributed by atoms with Crippen LogP contribution in [0.1, 0.15) is 219 Å². The van der Waals surface area contributed by atoms with Crippen LogP contribution in [0.5, 0.6) is 0 Å². The van der Waals surface area contributed by atoms with Gasteiger partial charge in [-0.1, -0.05) is 206 Å². The predicted octanol–water partition coefficient (Wildman–Crippen LogP) is 10.4. The molecule has 1 heterocycles. The number of carboxylic acid groups (broad SMARTS) is 3. The van der Waals surface area contributed by atoms with Crippen LogP contribution in [0.2, 0.25) is 0 Å². The Balaban J connectivity index is 2.65. The van der Waals surface area contributed by atoms with Crippen LogP contribution in [0, 0.1) is 0 Å². The first kappa shape index (κ1) is 63.2. The molecule has 1 amide bonds. The van der Waals surface area contributed by atoms with Crippen molar-refractivity contribution in [1.29, 1.82) is 0 Å². The quantitative estimate of drug-likeness (QED) is 0.0390. The number of rotatable bonds is 44. The molecule has 398 valence electrons. The predicted molar refractivity (Wildman–Crippen MR) is 275 cm³/mol. The molecule has 0 unspecified atom stereocenters. The van der Waals surface area contributed by atoms with E-state index >= 15 is 0 Å². The van der Waals surface area contributed by atoms with E-state index in [0.29, 0.717) is 65.4 Å². The summed E-state index contributed by atoms with van der Waals surface area (Å²) in [6, 6.07) is 0. The second-order valence-corrected chi connectivity index (χ2v) is 19.9. The highest BCUT2D eigenvalue weighted by Gasteiger charge is 2.22. The molecule has 68 heavy (non-hydrogen) atoms. The molecule has 1 aliphatic heterocycles. The fourth-order valence-electron chi connectivity index (χ4n) is 9.31. The highest BCUT2D eigenvalue weighted by atomic mass is 16.5. The zero-order valence-electron chi connectivity index (χ0n) is 43.8. The maximum atomic E-state index is 13.6. The first-order valence-corrected chi connectivity index (χ1v) is 28.0. The van der Waals surface area contributed by atoms with Gasteiger partial charge in [0.2, 0.25) is 0 Å². The van der Waals surface area contributed by atoms with Crippen LogP contribution in [-0.4, -0.2) is 168 Å². The Hall–Kier alpha value is -2.81. The molecule has 14 nitrogen and oxygen atoms in total. The number of carbonyl (C=O) groups is 5. The van der Waals surface area contributed by atoms with E-state index in [1.165, 1.54) is 167 Å². The SMILES string of the molecule is CCCCCCCCCCCCCCCCCCN(CCCCCCCCCCCCCCCCCC)C(=O)COC(=O)CN1CCN(CC(=O)O)CCN(CC(=O)O)CCN(CC(=O)O)CC1. The van der Waals surface area contributed by atoms with Gasteiger partial charge in [-0.3, -0.25) is 43.6 Å². The van der Waals surface area contributed by atoms with Crippen molar-refractivity contribution in [3.63, 3.8) is 0 Å². The van der Waals surface area contributed by atoms with E-state index in [-0.39, 0.29) is 38.7 Å². The van der Waals surface area contributed by atoms with Gasteiger partial charge in [0, 0.05) is 65.4 Å². The molecule has 14 heteroatoms. The maximum absolute atomic E-state index is 13.6. The van der Waals surface area contributed by atoms with Gasteiger partial charge >= 0.3 is 23.9 Å². The van der Waals surface area contributed by atoms with Crippen LogP contribution in [0.3, 0.4) is 0 Å². The average Bonchev–Trinajstić information content (AvgIpc) is 3.30. The number of hydrogen-bond acceptors (Lipinski definition) is 10. The number of carbonyl (C=O) groups excluding carboxylic acids is 2. The van der Waals surface area contributed by atoms with Crippen LogP contribution < -0.4 is 0 Å². The smallest absolute Gasteiger partial charge is 0.320 e. The topological polar surface area (TPSA) is 171 Å². The lowest BCUT2D eigenvalue weighted by Gasteiger charge is -2.32. The van der Waals surface area contributed by atoms with Gasteiger partial charge in [0.25, 0.3) is 5.91 Å². The van der Waals surface area contributed by atoms with E-state index in [4.69, 9.17) is 4.74 Å². The Labute approximate surface area is 414 Å². The summed E-state index contributed by atoms with van der Waals surface area (Å²) in [6.07, 6.45) is 41.3. The van der Waals surface area contributed by atoms with E-state index in [1.807, 2.05) is 9.80 Å². The lowest BCUT2D eigenvalue weighted by molar-refractivity contribution is -0.153. The molecular weight excluding hydrogens is 863 g/mol. The molecule has 0 radical (unpaired) electrons. The first-order valence-electron chi connectivity index (χ1n) is 28.0. The van der Waals surface area contributed by atoms with Crippen LogP contribution >= 0.6 is 0 Å². The Morgan fingerprint density at radius 2 is 0.574 bits per heavy atom. The summed E-state index contributed by atoms with van der Waals surface area (Å²) in [5, 5.41) is 28.6. The minimum absolute atomic E-state index is 0.126. The van der Waals surface area contributed by atoms with E-state index in [1.54, 1.807) is 14.7 Å². The fourth-order valence-corrected chi connectivity index (χ4v) is 9.31. The molecule has 0 aromatic carbocycles. The van der Waals surface area contributed by atoms with Gasteiger partial charge in [-0.15, -0.1) is 0 Å². The van der Waals surface area contributed by atoms with Gasteiger partial charge in [0.05, 0.1) is 26.2 Å². The van der Waals surface area contributed by atoms with Crippen LogP contribution in [0.25, 0.3) is 0 Å². The van der Waals surface area contributed by atoms with Crippen molar-refractivity contribution in [2.75, 3.05) is 98.2 Å². The summed E-state index contributed by atoms with van der Waals surface area (Å²) in [5.74, 6) is -3.78. The zero-order valence-corrected chi connectivity index (χ0v) is 43.8. The molecule has 1 saturated heterocycles. The lowest BCUT2D eigenvalue weighted by atomic mass is 10.0. The largest absolute Gasteiger partial charge is 0.480 e. The molecule has 3 N–H and O–H groups in total. The minimum Gasteiger partial charge on any atom is -0.480 e. The fraction of sp³-hybridized carbons (Fsp3) is 0.907. The van der Waals surface area contributed by atoms with Gasteiger partial charge in [-0.2, -0.15) is 0 Å². The first-order chi connectivity index (χ1) is 33.0. The molecule has 0 aromatic rings. The highest BCUT2D eigenvalue weighted by Crippen LogP contribution is 2.16. The molecule has 0 bridgehead atoms. The van der Waals surface area contributed by atoms with Crippen molar-refractivity contribution < 1.29 is 44.0 Å². The standard InChI is InChI=1S/C54H103N5O9/c1-3-5-7-9-11-13-15-17-19-21-23-25-27-29-31-33-35-59(36-34-32-30-28-26-24-22-20-18-16-14-12-10-8-6-4-2)50(60)49-68-54(67)48-58-43-41-56(46-52(63)64)39-37-55(45-51(61)62)38-40-57(42-44-58)47-53(65)66/h3-49H2,1-2H3,(H,61,62)(H,63,64)(H,65,66). The van der Waals surface area contributed by atoms with Gasteiger partial charge in [0.15, 0.2) is 6.61 Å². The number of aliphatic carboxylic acids is 3. The summed E-state index contributed by atoms with van der Waals surface area (Å²) in [5.41, 5.74) is 0. The van der Waals surface area contributed by atoms with Crippen LogP contribution in [0.4, 0.5) is 0 Å². The van der Waals surface area contributed by atoms with Crippen molar-refractivity contribution >= 4 is 29.8 Å². The molecule has 0 aromatic heterocycles. The third-order valence-electron chi connectivity index (χ3n) is 13.6. The minimum atomic E-state index is -1.02. The average molecular weight is 966 g/mol. The second kappa shape index (κ2) is 45.3. The maximum Gasteiger partial charge on any atom is 0.320 e. The van der Waals surface area contributed by atoms with Gasteiger partial charge in [-0.25, -0.2) is 0 Å². The molecule has 0 spiro atoms. The van der Waals surface area contributed by atoms with E-state index in [2.05, 4.69) is 13.8 Å². The number of esters is 1. The van der Waals surface area contributed by atoms with Crippen LogP contribution in [-0.2, 0) is 28.7 Å². The molecule has 1 rings (SSSR count). The van der Waals surface area contributed by atoms with Gasteiger partial charge < -0.3 is 25.0 Å². The van der Waals surface area contributed by atoms with Crippen molar-refractivity contribution in [2.24, 2.45) is 0 Å². The van der Waals surface area contributed by atoms with Crippen LogP contribution in [0.15, 0.2) is 0 Å². The Kier molecular flexibility index (Phi) is 42.1. The summed E-state index contributed by atoms with van der Waals surface area (Å²) in [4.78, 5) is 70.6. The number of hydrogen-bond donors (Lipinski definition) is 3. The number of carboxylic acids is 3. The summed E-state index contributed by atoms with van der Waals surface area (Å²) in [6.45, 7) is 7.03. The van der Waals surface area contributed by atoms with Crippen molar-refractivity contribution in [3.8, 4) is 0 Å². The van der Waals surface area contributed by atoms with Gasteiger partial charge in [-0.05, 0) is 12.8 Å². The Morgan fingerprint density at radius 3 is 0.809 bits per heavy atom. The Bertz CT molecular complexity index is 1190. The highest BCUT2D eigenvalue weighted by molar-refractivity contribution is 5.81. The van der Waals surface area contributed by atoms with E-state index < -0.39 is 23.9 Å². The third kappa shape index (κ3) is 40.0. The van der Waals surface area contributed by atoms with E-state index in [0.717, 1.165) is 38.5 Å². The van der Waals surface area contributed by atoms with Crippen molar-refractivity contribution in [2.45, 2.75) is 219 Å². The third-order valence-corrected chi connectivity index (χ3v) is 13.6. The monoisotopic (exact) mass is 966 g/mol. The summed E-state index contributed by atoms with van der Waals surface area (Å²) >= 11 is 0. The summed E-state index contributed by atoms with van der Waals surface area (Å²) < 4.78 is 5.61. The second-order valence-electron chi connectivity index (χ2n) is 19.9. The molecular formula is C54H103N5O9. The normalized spacial score (nSPS) is 14.9. The Morgan fingerprint density at radius 1 is 0.353 bits per heavy atom. The van der Waals surface area contributed by atoms with Crippen molar-refractivity contribution in [1.82, 2.24) is 24.5 Å². The molecule has 0 aliphatic carbocycles. The number of ether oxygens (including phenoxy) is 1. The molecule has 1 fully saturated rings. The lowest BCUT2D eigenvalue weighted by Crippen LogP contribution is -2.49. The van der Waals surface area contributed by atoms with E-state index in [9.17, 15) is 39.3 Å². The molecule has 0 saturated carbocycles. The zero-order chi connectivity index (χ0) is 49.7. The molecule has 0 atom stereocenters. The summed E-state index contributed by atoms with van der Waals surface area (Å²) in [7, 11) is 0.